The third-order valence-corrected chi connectivity index (χ3v) is 2.34. The van der Waals surface area contributed by atoms with Gasteiger partial charge in [0.05, 0.1) is 13.1 Å². The summed E-state index contributed by atoms with van der Waals surface area (Å²) in [5.41, 5.74) is 6.62. The van der Waals surface area contributed by atoms with Crippen molar-refractivity contribution >= 4 is 41.5 Å². The average Bonchev–Trinajstić information content (AvgIpc) is 2.30. The van der Waals surface area contributed by atoms with Gasteiger partial charge in [-0.3, -0.25) is 9.59 Å². The van der Waals surface area contributed by atoms with E-state index >= 15 is 0 Å². The van der Waals surface area contributed by atoms with Gasteiger partial charge in [-0.05, 0) is 24.6 Å². The molecule has 0 aromatic heterocycles. The van der Waals surface area contributed by atoms with Crippen LogP contribution in [-0.4, -0.2) is 24.9 Å². The van der Waals surface area contributed by atoms with E-state index in [4.69, 9.17) is 17.3 Å². The van der Waals surface area contributed by atoms with Crippen molar-refractivity contribution in [2.75, 3.05) is 18.4 Å². The Kier molecular flexibility index (Phi) is 7.35. The predicted molar refractivity (Wildman–Crippen MR) is 74.1 cm³/mol. The standard InChI is InChI=1S/C11H14ClN3O2.ClH/c1-7-2-3-8(12)4-9(7)15-11(17)6-14-10(16)5-13;/h2-4H,5-6,13H2,1H3,(H,14,16)(H,15,17);1H. The Morgan fingerprint density at radius 1 is 1.33 bits per heavy atom. The first-order valence-corrected chi connectivity index (χ1v) is 5.43. The zero-order valence-corrected chi connectivity index (χ0v) is 11.4. The minimum absolute atomic E-state index is 0. The highest BCUT2D eigenvalue weighted by Crippen LogP contribution is 2.19. The van der Waals surface area contributed by atoms with Crippen LogP contribution in [0.15, 0.2) is 18.2 Å². The van der Waals surface area contributed by atoms with Gasteiger partial charge in [-0.25, -0.2) is 0 Å². The van der Waals surface area contributed by atoms with Crippen LogP contribution in [0.4, 0.5) is 5.69 Å². The molecule has 4 N–H and O–H groups in total. The number of rotatable bonds is 4. The van der Waals surface area contributed by atoms with Gasteiger partial charge in [0.15, 0.2) is 0 Å². The van der Waals surface area contributed by atoms with Crippen LogP contribution in [0.3, 0.4) is 0 Å². The molecular formula is C11H15Cl2N3O2. The number of carbonyl (C=O) groups excluding carboxylic acids is 2. The molecule has 5 nitrogen and oxygen atoms in total. The number of hydrogen-bond donors (Lipinski definition) is 3. The maximum atomic E-state index is 11.5. The molecule has 0 aliphatic carbocycles. The van der Waals surface area contributed by atoms with Crippen LogP contribution < -0.4 is 16.4 Å². The summed E-state index contributed by atoms with van der Waals surface area (Å²) >= 11 is 5.81. The lowest BCUT2D eigenvalue weighted by molar-refractivity contribution is -0.123. The molecule has 0 unspecified atom stereocenters. The fourth-order valence-corrected chi connectivity index (χ4v) is 1.35. The van der Waals surface area contributed by atoms with Gasteiger partial charge in [-0.15, -0.1) is 12.4 Å². The SMILES string of the molecule is Cc1ccc(Cl)cc1NC(=O)CNC(=O)CN.Cl. The van der Waals surface area contributed by atoms with Crippen LogP contribution in [0.5, 0.6) is 0 Å². The maximum absolute atomic E-state index is 11.5. The van der Waals surface area contributed by atoms with Crippen molar-refractivity contribution in [3.8, 4) is 0 Å². The highest BCUT2D eigenvalue weighted by molar-refractivity contribution is 6.31. The summed E-state index contributed by atoms with van der Waals surface area (Å²) in [4.78, 5) is 22.3. The first kappa shape index (κ1) is 16.7. The molecule has 0 fully saturated rings. The van der Waals surface area contributed by atoms with Crippen LogP contribution in [0.25, 0.3) is 0 Å². The van der Waals surface area contributed by atoms with Crippen molar-refractivity contribution in [3.05, 3.63) is 28.8 Å². The zero-order valence-electron chi connectivity index (χ0n) is 9.83. The van der Waals surface area contributed by atoms with Crippen molar-refractivity contribution < 1.29 is 9.59 Å². The van der Waals surface area contributed by atoms with E-state index in [9.17, 15) is 9.59 Å². The molecule has 0 saturated carbocycles. The molecule has 2 amide bonds. The summed E-state index contributed by atoms with van der Waals surface area (Å²) in [5, 5.41) is 5.57. The van der Waals surface area contributed by atoms with Crippen molar-refractivity contribution in [1.29, 1.82) is 0 Å². The highest BCUT2D eigenvalue weighted by atomic mass is 35.5. The third kappa shape index (κ3) is 5.35. The molecule has 1 aromatic rings. The van der Waals surface area contributed by atoms with E-state index in [1.807, 2.05) is 6.92 Å². The normalized spacial score (nSPS) is 9.28. The van der Waals surface area contributed by atoms with Crippen molar-refractivity contribution in [1.82, 2.24) is 5.32 Å². The van der Waals surface area contributed by atoms with E-state index < -0.39 is 0 Å². The van der Waals surface area contributed by atoms with Crippen molar-refractivity contribution in [2.45, 2.75) is 6.92 Å². The number of anilines is 1. The molecule has 0 atom stereocenters. The molecule has 0 saturated heterocycles. The largest absolute Gasteiger partial charge is 0.346 e. The Labute approximate surface area is 116 Å². The topological polar surface area (TPSA) is 84.2 Å². The smallest absolute Gasteiger partial charge is 0.243 e. The summed E-state index contributed by atoms with van der Waals surface area (Å²) < 4.78 is 0. The number of amides is 2. The van der Waals surface area contributed by atoms with Gasteiger partial charge >= 0.3 is 0 Å². The van der Waals surface area contributed by atoms with E-state index in [0.29, 0.717) is 10.7 Å². The predicted octanol–water partition coefficient (Wildman–Crippen LogP) is 1.08. The molecule has 0 aliphatic rings. The summed E-state index contributed by atoms with van der Waals surface area (Å²) in [6, 6.07) is 5.19. The number of halogens is 2. The van der Waals surface area contributed by atoms with Crippen LogP contribution in [0, 0.1) is 6.92 Å². The molecule has 18 heavy (non-hydrogen) atoms. The Hall–Kier alpha value is -1.30. The van der Waals surface area contributed by atoms with Gasteiger partial charge in [0.25, 0.3) is 0 Å². The molecule has 1 rings (SSSR count). The quantitative estimate of drug-likeness (QED) is 0.776. The number of hydrogen-bond acceptors (Lipinski definition) is 3. The minimum atomic E-state index is -0.372. The first-order valence-electron chi connectivity index (χ1n) is 5.05. The molecule has 7 heteroatoms. The van der Waals surface area contributed by atoms with Crippen molar-refractivity contribution in [3.63, 3.8) is 0 Å². The van der Waals surface area contributed by atoms with Gasteiger partial charge in [0.2, 0.25) is 11.8 Å². The second-order valence-corrected chi connectivity index (χ2v) is 3.92. The second kappa shape index (κ2) is 7.92. The lowest BCUT2D eigenvalue weighted by atomic mass is 10.2. The maximum Gasteiger partial charge on any atom is 0.243 e. The Bertz CT molecular complexity index is 438. The van der Waals surface area contributed by atoms with Crippen LogP contribution in [0.1, 0.15) is 5.56 Å². The molecular weight excluding hydrogens is 277 g/mol. The molecule has 0 radical (unpaired) electrons. The van der Waals surface area contributed by atoms with Gasteiger partial charge in [-0.1, -0.05) is 17.7 Å². The Morgan fingerprint density at radius 3 is 2.61 bits per heavy atom. The zero-order chi connectivity index (χ0) is 12.8. The average molecular weight is 292 g/mol. The van der Waals surface area contributed by atoms with E-state index in [0.717, 1.165) is 5.56 Å². The van der Waals surface area contributed by atoms with E-state index in [2.05, 4.69) is 10.6 Å². The third-order valence-electron chi connectivity index (χ3n) is 2.11. The minimum Gasteiger partial charge on any atom is -0.346 e. The number of carbonyl (C=O) groups is 2. The van der Waals surface area contributed by atoms with Gasteiger partial charge in [0, 0.05) is 10.7 Å². The summed E-state index contributed by atoms with van der Waals surface area (Å²) in [5.74, 6) is -0.694. The monoisotopic (exact) mass is 291 g/mol. The molecule has 100 valence electrons. The number of benzene rings is 1. The fraction of sp³-hybridized carbons (Fsp3) is 0.273. The lowest BCUT2D eigenvalue weighted by Crippen LogP contribution is -2.36. The van der Waals surface area contributed by atoms with Crippen LogP contribution >= 0.6 is 24.0 Å². The molecule has 1 aromatic carbocycles. The number of nitrogens with one attached hydrogen (secondary N) is 2. The lowest BCUT2D eigenvalue weighted by Gasteiger charge is -2.09. The van der Waals surface area contributed by atoms with Gasteiger partial charge in [0.1, 0.15) is 0 Å². The summed E-state index contributed by atoms with van der Waals surface area (Å²) in [7, 11) is 0. The molecule has 0 spiro atoms. The first-order chi connectivity index (χ1) is 8.02. The van der Waals surface area contributed by atoms with Crippen molar-refractivity contribution in [2.24, 2.45) is 5.73 Å². The van der Waals surface area contributed by atoms with Crippen LogP contribution in [0.2, 0.25) is 5.02 Å². The van der Waals surface area contributed by atoms with E-state index in [1.165, 1.54) is 0 Å². The van der Waals surface area contributed by atoms with E-state index in [1.54, 1.807) is 18.2 Å². The summed E-state index contributed by atoms with van der Waals surface area (Å²) in [6.07, 6.45) is 0. The molecule has 0 bridgehead atoms. The molecule has 0 heterocycles. The fourth-order valence-electron chi connectivity index (χ4n) is 1.17. The highest BCUT2D eigenvalue weighted by Gasteiger charge is 2.06. The summed E-state index contributed by atoms with van der Waals surface area (Å²) in [6.45, 7) is 1.61. The second-order valence-electron chi connectivity index (χ2n) is 3.49. The Morgan fingerprint density at radius 2 is 2.00 bits per heavy atom. The molecule has 0 aliphatic heterocycles. The van der Waals surface area contributed by atoms with Gasteiger partial charge in [-0.2, -0.15) is 0 Å². The number of aryl methyl sites for hydroxylation is 1. The number of nitrogens with two attached hydrogens (primary N) is 1. The van der Waals surface area contributed by atoms with E-state index in [-0.39, 0.29) is 37.3 Å². The van der Waals surface area contributed by atoms with Crippen LogP contribution in [-0.2, 0) is 9.59 Å². The van der Waals surface area contributed by atoms with Gasteiger partial charge < -0.3 is 16.4 Å². The Balaban J connectivity index is 0.00000289.